The van der Waals surface area contributed by atoms with Crippen LogP contribution in [0.5, 0.6) is 5.88 Å². The number of aromatic nitrogens is 3. The van der Waals surface area contributed by atoms with Crippen molar-refractivity contribution in [3.8, 4) is 17.1 Å². The number of piperazine rings is 1. The molecule has 0 spiro atoms. The van der Waals surface area contributed by atoms with Crippen LogP contribution in [0.4, 0.5) is 0 Å². The summed E-state index contributed by atoms with van der Waals surface area (Å²) in [5.41, 5.74) is 6.82. The number of methoxy groups -OCH3 is 1. The van der Waals surface area contributed by atoms with Gasteiger partial charge in [0.15, 0.2) is 0 Å². The van der Waals surface area contributed by atoms with E-state index in [0.717, 1.165) is 42.1 Å². The molecule has 7 heteroatoms. The second kappa shape index (κ2) is 9.27. The van der Waals surface area contributed by atoms with E-state index in [1.54, 1.807) is 13.2 Å². The van der Waals surface area contributed by atoms with Gasteiger partial charge in [-0.2, -0.15) is 0 Å². The van der Waals surface area contributed by atoms with Crippen LogP contribution >= 0.6 is 0 Å². The molecule has 3 aromatic heterocycles. The summed E-state index contributed by atoms with van der Waals surface area (Å²) >= 11 is 0. The summed E-state index contributed by atoms with van der Waals surface area (Å²) in [4.78, 5) is 26.7. The minimum atomic E-state index is -0.0359. The molecule has 1 aliphatic heterocycles. The second-order valence-electron chi connectivity index (χ2n) is 8.79. The van der Waals surface area contributed by atoms with Gasteiger partial charge in [-0.15, -0.1) is 0 Å². The number of ether oxygens (including phenoxy) is 1. The van der Waals surface area contributed by atoms with Crippen LogP contribution in [0, 0.1) is 13.8 Å². The summed E-state index contributed by atoms with van der Waals surface area (Å²) in [5, 5.41) is 0. The van der Waals surface area contributed by atoms with Gasteiger partial charge < -0.3 is 14.0 Å². The highest BCUT2D eigenvalue weighted by Crippen LogP contribution is 2.26. The molecule has 7 nitrogen and oxygen atoms in total. The number of amides is 1. The first-order chi connectivity index (χ1) is 16.5. The lowest BCUT2D eigenvalue weighted by Crippen LogP contribution is -2.48. The molecule has 1 aliphatic rings. The topological polar surface area (TPSA) is 63.0 Å². The van der Waals surface area contributed by atoms with Crippen molar-refractivity contribution >= 4 is 11.6 Å². The summed E-state index contributed by atoms with van der Waals surface area (Å²) in [7, 11) is 1.57. The molecular weight excluding hydrogens is 426 g/mol. The van der Waals surface area contributed by atoms with E-state index >= 15 is 0 Å². The van der Waals surface area contributed by atoms with E-state index in [0.29, 0.717) is 24.7 Å². The number of benzene rings is 1. The largest absolute Gasteiger partial charge is 0.481 e. The Bertz CT molecular complexity index is 1320. The Balaban J connectivity index is 1.34. The van der Waals surface area contributed by atoms with E-state index in [-0.39, 0.29) is 5.91 Å². The van der Waals surface area contributed by atoms with E-state index in [2.05, 4.69) is 51.7 Å². The molecule has 0 N–H and O–H groups in total. The van der Waals surface area contributed by atoms with Crippen LogP contribution in [0.15, 0.2) is 60.8 Å². The Morgan fingerprint density at radius 1 is 0.941 bits per heavy atom. The molecule has 1 saturated heterocycles. The molecule has 1 aromatic carbocycles. The number of rotatable bonds is 5. The Hall–Kier alpha value is -3.71. The smallest absolute Gasteiger partial charge is 0.272 e. The van der Waals surface area contributed by atoms with E-state index in [4.69, 9.17) is 9.72 Å². The summed E-state index contributed by atoms with van der Waals surface area (Å²) in [6, 6.07) is 18.3. The highest BCUT2D eigenvalue weighted by molar-refractivity contribution is 5.94. The first-order valence-electron chi connectivity index (χ1n) is 11.6. The van der Waals surface area contributed by atoms with E-state index in [9.17, 15) is 4.79 Å². The Morgan fingerprint density at radius 3 is 2.44 bits per heavy atom. The fourth-order valence-electron chi connectivity index (χ4n) is 4.45. The van der Waals surface area contributed by atoms with Gasteiger partial charge in [-0.05, 0) is 31.5 Å². The molecule has 174 valence electrons. The third kappa shape index (κ3) is 4.26. The van der Waals surface area contributed by atoms with Gasteiger partial charge in [-0.25, -0.2) is 9.97 Å². The Kier molecular flexibility index (Phi) is 6.02. The minimum Gasteiger partial charge on any atom is -0.481 e. The molecule has 4 aromatic rings. The molecular formula is C27H29N5O2. The van der Waals surface area contributed by atoms with Crippen LogP contribution in [0.2, 0.25) is 0 Å². The van der Waals surface area contributed by atoms with Gasteiger partial charge in [0.25, 0.3) is 5.91 Å². The van der Waals surface area contributed by atoms with Crippen molar-refractivity contribution in [1.82, 2.24) is 24.2 Å². The molecule has 1 amide bonds. The lowest BCUT2D eigenvalue weighted by Gasteiger charge is -2.34. The fourth-order valence-corrected chi connectivity index (χ4v) is 4.45. The number of hydrogen-bond acceptors (Lipinski definition) is 5. The van der Waals surface area contributed by atoms with Gasteiger partial charge in [0, 0.05) is 50.6 Å². The normalized spacial score (nSPS) is 14.5. The molecule has 0 unspecified atom stereocenters. The molecule has 0 radical (unpaired) electrons. The van der Waals surface area contributed by atoms with Crippen molar-refractivity contribution in [1.29, 1.82) is 0 Å². The zero-order valence-corrected chi connectivity index (χ0v) is 19.9. The summed E-state index contributed by atoms with van der Waals surface area (Å²) in [6.45, 7) is 7.68. The Morgan fingerprint density at radius 2 is 1.71 bits per heavy atom. The first kappa shape index (κ1) is 22.1. The SMILES string of the molecule is COc1ccc(C)c(C(=O)N2CCN(Cc3c(-c4ccc(C)cc4)nc4ccccn34)CC2)n1. The number of pyridine rings is 2. The monoisotopic (exact) mass is 455 g/mol. The van der Waals surface area contributed by atoms with Crippen LogP contribution < -0.4 is 4.74 Å². The highest BCUT2D eigenvalue weighted by atomic mass is 16.5. The fraction of sp³-hybridized carbons (Fsp3) is 0.296. The van der Waals surface area contributed by atoms with Gasteiger partial charge in [0.2, 0.25) is 5.88 Å². The number of carbonyl (C=O) groups is 1. The van der Waals surface area contributed by atoms with Crippen LogP contribution in [-0.2, 0) is 6.54 Å². The number of fused-ring (bicyclic) bond motifs is 1. The highest BCUT2D eigenvalue weighted by Gasteiger charge is 2.26. The quantitative estimate of drug-likeness (QED) is 0.456. The molecule has 5 rings (SSSR count). The van der Waals surface area contributed by atoms with E-state index in [1.807, 2.05) is 36.1 Å². The van der Waals surface area contributed by atoms with E-state index < -0.39 is 0 Å². The molecule has 0 aliphatic carbocycles. The van der Waals surface area contributed by atoms with Crippen LogP contribution in [-0.4, -0.2) is 63.4 Å². The molecule has 0 bridgehead atoms. The van der Waals surface area contributed by atoms with Gasteiger partial charge in [0.1, 0.15) is 11.3 Å². The van der Waals surface area contributed by atoms with Crippen LogP contribution in [0.1, 0.15) is 27.3 Å². The third-order valence-corrected chi connectivity index (χ3v) is 6.47. The lowest BCUT2D eigenvalue weighted by molar-refractivity contribution is 0.0619. The minimum absolute atomic E-state index is 0.0359. The van der Waals surface area contributed by atoms with Crippen molar-refractivity contribution in [3.63, 3.8) is 0 Å². The summed E-state index contributed by atoms with van der Waals surface area (Å²) < 4.78 is 7.39. The maximum atomic E-state index is 13.1. The number of imidazole rings is 1. The summed E-state index contributed by atoms with van der Waals surface area (Å²) in [5.74, 6) is 0.426. The van der Waals surface area contributed by atoms with Gasteiger partial charge >= 0.3 is 0 Å². The van der Waals surface area contributed by atoms with Crippen LogP contribution in [0.25, 0.3) is 16.9 Å². The maximum Gasteiger partial charge on any atom is 0.272 e. The standard InChI is InChI=1S/C27H29N5O2/c1-19-7-10-21(11-8-19)26-22(32-13-5-4-6-23(32)28-26)18-30-14-16-31(17-15-30)27(33)25-20(2)9-12-24(29-25)34-3/h4-13H,14-18H2,1-3H3. The van der Waals surface area contributed by atoms with Crippen molar-refractivity contribution in [2.24, 2.45) is 0 Å². The zero-order chi connectivity index (χ0) is 23.7. The van der Waals surface area contributed by atoms with Crippen LogP contribution in [0.3, 0.4) is 0 Å². The average Bonchev–Trinajstić information content (AvgIpc) is 3.23. The third-order valence-electron chi connectivity index (χ3n) is 6.47. The predicted molar refractivity (Wildman–Crippen MR) is 132 cm³/mol. The van der Waals surface area contributed by atoms with Crippen molar-refractivity contribution in [2.45, 2.75) is 20.4 Å². The van der Waals surface area contributed by atoms with Gasteiger partial charge in [-0.3, -0.25) is 9.69 Å². The first-order valence-corrected chi connectivity index (χ1v) is 11.6. The van der Waals surface area contributed by atoms with Gasteiger partial charge in [-0.1, -0.05) is 42.0 Å². The van der Waals surface area contributed by atoms with Crippen molar-refractivity contribution in [3.05, 3.63) is 83.3 Å². The average molecular weight is 456 g/mol. The zero-order valence-electron chi connectivity index (χ0n) is 19.9. The lowest BCUT2D eigenvalue weighted by atomic mass is 10.1. The molecule has 0 saturated carbocycles. The number of aryl methyl sites for hydroxylation is 2. The number of hydrogen-bond donors (Lipinski definition) is 0. The van der Waals surface area contributed by atoms with E-state index in [1.165, 1.54) is 11.3 Å². The van der Waals surface area contributed by atoms with Crippen molar-refractivity contribution in [2.75, 3.05) is 33.3 Å². The molecule has 34 heavy (non-hydrogen) atoms. The molecule has 0 atom stereocenters. The van der Waals surface area contributed by atoms with Gasteiger partial charge in [0.05, 0.1) is 18.5 Å². The maximum absolute atomic E-state index is 13.1. The van der Waals surface area contributed by atoms with Crippen molar-refractivity contribution < 1.29 is 9.53 Å². The number of carbonyl (C=O) groups excluding carboxylic acids is 1. The number of nitrogens with zero attached hydrogens (tertiary/aromatic N) is 5. The Labute approximate surface area is 199 Å². The second-order valence-corrected chi connectivity index (χ2v) is 8.79. The predicted octanol–water partition coefficient (Wildman–Crippen LogP) is 3.98. The molecule has 4 heterocycles. The molecule has 1 fully saturated rings. The summed E-state index contributed by atoms with van der Waals surface area (Å²) in [6.07, 6.45) is 2.08.